The highest BCUT2D eigenvalue weighted by atomic mass is 19.4. The Kier molecular flexibility index (Phi) is 11.9. The van der Waals surface area contributed by atoms with Crippen LogP contribution in [0.15, 0.2) is 18.5 Å². The van der Waals surface area contributed by atoms with Gasteiger partial charge in [-0.1, -0.05) is 19.3 Å². The standard InChI is InChI=1S/C19H29N5O2.2C2HF3O2/c25-17(19(5-2-1-3-6-19)24-13-15-26-16-14-24)22-9-11-23(12-10-22)18-20-7-4-8-21-18;2*3-2(4,5)1(6)7/h4,7-8H,1-3,5-6,9-16H2;2*(H,6,7). The normalized spacial score (nSPS) is 19.9. The summed E-state index contributed by atoms with van der Waals surface area (Å²) in [6, 6.07) is 1.83. The number of anilines is 1. The maximum atomic E-state index is 13.6. The first kappa shape index (κ1) is 33.0. The van der Waals surface area contributed by atoms with Crippen LogP contribution in [0.3, 0.4) is 0 Å². The fourth-order valence-corrected chi connectivity index (χ4v) is 4.65. The molecule has 1 amide bonds. The maximum Gasteiger partial charge on any atom is 0.490 e. The van der Waals surface area contributed by atoms with Crippen LogP contribution in [0.4, 0.5) is 32.3 Å². The molecular formula is C23H31F6N5O6. The minimum absolute atomic E-state index is 0.298. The van der Waals surface area contributed by atoms with Crippen LogP contribution >= 0.6 is 0 Å². The molecule has 2 N–H and O–H groups in total. The largest absolute Gasteiger partial charge is 0.490 e. The third kappa shape index (κ3) is 9.46. The van der Waals surface area contributed by atoms with Gasteiger partial charge in [0.15, 0.2) is 0 Å². The van der Waals surface area contributed by atoms with Gasteiger partial charge >= 0.3 is 24.3 Å². The van der Waals surface area contributed by atoms with Crippen molar-refractivity contribution < 1.29 is 55.7 Å². The Balaban J connectivity index is 0.000000333. The van der Waals surface area contributed by atoms with Gasteiger partial charge in [0.05, 0.1) is 13.2 Å². The number of hydrogen-bond acceptors (Lipinski definition) is 8. The number of piperazine rings is 1. The van der Waals surface area contributed by atoms with E-state index in [9.17, 15) is 31.1 Å². The van der Waals surface area contributed by atoms with Crippen molar-refractivity contribution in [3.63, 3.8) is 0 Å². The van der Waals surface area contributed by atoms with E-state index in [4.69, 9.17) is 24.5 Å². The second kappa shape index (κ2) is 14.4. The molecule has 40 heavy (non-hydrogen) atoms. The summed E-state index contributed by atoms with van der Waals surface area (Å²) in [6.07, 6.45) is -1.08. The first-order valence-corrected chi connectivity index (χ1v) is 12.4. The highest BCUT2D eigenvalue weighted by molar-refractivity contribution is 5.87. The Hall–Kier alpha value is -3.21. The number of carboxylic acid groups (broad SMARTS) is 2. The summed E-state index contributed by atoms with van der Waals surface area (Å²) in [5, 5.41) is 14.2. The van der Waals surface area contributed by atoms with E-state index in [1.54, 1.807) is 12.4 Å². The number of alkyl halides is 6. The predicted molar refractivity (Wildman–Crippen MR) is 126 cm³/mol. The maximum absolute atomic E-state index is 13.6. The Bertz CT molecular complexity index is 937. The molecule has 1 saturated carbocycles. The number of aliphatic carboxylic acids is 2. The first-order valence-electron chi connectivity index (χ1n) is 12.4. The molecular weight excluding hydrogens is 556 g/mol. The Morgan fingerprint density at radius 1 is 0.775 bits per heavy atom. The minimum Gasteiger partial charge on any atom is -0.475 e. The summed E-state index contributed by atoms with van der Waals surface area (Å²) in [6.45, 7) is 6.35. The van der Waals surface area contributed by atoms with Gasteiger partial charge in [-0.3, -0.25) is 9.69 Å². The van der Waals surface area contributed by atoms with Gasteiger partial charge in [0.25, 0.3) is 0 Å². The van der Waals surface area contributed by atoms with Crippen molar-refractivity contribution in [1.29, 1.82) is 0 Å². The Morgan fingerprint density at radius 3 is 1.65 bits per heavy atom. The number of carbonyl (C=O) groups excluding carboxylic acids is 1. The van der Waals surface area contributed by atoms with Crippen LogP contribution in [0.25, 0.3) is 0 Å². The molecule has 3 fully saturated rings. The Morgan fingerprint density at radius 2 is 1.23 bits per heavy atom. The highest BCUT2D eigenvalue weighted by Crippen LogP contribution is 2.36. The summed E-state index contributed by atoms with van der Waals surface area (Å²) >= 11 is 0. The third-order valence-electron chi connectivity index (χ3n) is 6.58. The zero-order chi connectivity index (χ0) is 30.0. The van der Waals surface area contributed by atoms with Gasteiger partial charge in [-0.05, 0) is 18.9 Å². The second-order valence-electron chi connectivity index (χ2n) is 9.13. The number of carboxylic acids is 2. The Labute approximate surface area is 225 Å². The fourth-order valence-electron chi connectivity index (χ4n) is 4.65. The predicted octanol–water partition coefficient (Wildman–Crippen LogP) is 2.43. The van der Waals surface area contributed by atoms with Crippen LogP contribution < -0.4 is 4.90 Å². The number of carbonyl (C=O) groups is 3. The average Bonchev–Trinajstić information content (AvgIpc) is 2.94. The number of hydrogen-bond donors (Lipinski definition) is 2. The first-order chi connectivity index (χ1) is 18.7. The quantitative estimate of drug-likeness (QED) is 0.508. The van der Waals surface area contributed by atoms with E-state index in [2.05, 4.69) is 24.7 Å². The van der Waals surface area contributed by atoms with Crippen LogP contribution in [-0.4, -0.2) is 118 Å². The summed E-state index contributed by atoms with van der Waals surface area (Å²) in [7, 11) is 0. The van der Waals surface area contributed by atoms with E-state index in [-0.39, 0.29) is 5.54 Å². The summed E-state index contributed by atoms with van der Waals surface area (Å²) in [5.41, 5.74) is -0.298. The van der Waals surface area contributed by atoms with Crippen molar-refractivity contribution in [2.24, 2.45) is 0 Å². The molecule has 1 aromatic heterocycles. The zero-order valence-corrected chi connectivity index (χ0v) is 21.5. The average molecular weight is 588 g/mol. The fraction of sp³-hybridized carbons (Fsp3) is 0.696. The van der Waals surface area contributed by atoms with E-state index in [0.29, 0.717) is 5.91 Å². The van der Waals surface area contributed by atoms with Crippen LogP contribution in [0.5, 0.6) is 0 Å². The number of ether oxygens (including phenoxy) is 1. The molecule has 2 aliphatic heterocycles. The number of morpholine rings is 1. The molecule has 0 aromatic carbocycles. The number of rotatable bonds is 3. The van der Waals surface area contributed by atoms with Crippen LogP contribution in [0.2, 0.25) is 0 Å². The molecule has 3 aliphatic rings. The van der Waals surface area contributed by atoms with Crippen LogP contribution in [0.1, 0.15) is 32.1 Å². The molecule has 3 heterocycles. The van der Waals surface area contributed by atoms with Gasteiger partial charge in [0, 0.05) is 51.7 Å². The van der Waals surface area contributed by atoms with Gasteiger partial charge < -0.3 is 24.7 Å². The minimum atomic E-state index is -5.08. The molecule has 2 saturated heterocycles. The summed E-state index contributed by atoms with van der Waals surface area (Å²) in [5.74, 6) is -4.41. The van der Waals surface area contributed by atoms with Crippen molar-refractivity contribution in [1.82, 2.24) is 19.8 Å². The van der Waals surface area contributed by atoms with E-state index in [1.165, 1.54) is 6.42 Å². The van der Waals surface area contributed by atoms with Gasteiger partial charge in [-0.2, -0.15) is 26.3 Å². The third-order valence-corrected chi connectivity index (χ3v) is 6.58. The summed E-state index contributed by atoms with van der Waals surface area (Å²) < 4.78 is 69.0. The smallest absolute Gasteiger partial charge is 0.475 e. The molecule has 17 heteroatoms. The SMILES string of the molecule is O=C(N1CCN(c2ncccn2)CC1)C1(N2CCOCC2)CCCCC1.O=C(O)C(F)(F)F.O=C(O)C(F)(F)F. The lowest BCUT2D eigenvalue weighted by molar-refractivity contribution is -0.193. The topological polar surface area (TPSA) is 136 Å². The second-order valence-corrected chi connectivity index (χ2v) is 9.13. The lowest BCUT2D eigenvalue weighted by Crippen LogP contribution is -2.65. The van der Waals surface area contributed by atoms with E-state index < -0.39 is 24.3 Å². The molecule has 0 radical (unpaired) electrons. The van der Waals surface area contributed by atoms with Crippen molar-refractivity contribution >= 4 is 23.8 Å². The molecule has 0 bridgehead atoms. The lowest BCUT2D eigenvalue weighted by atomic mass is 9.78. The zero-order valence-electron chi connectivity index (χ0n) is 21.5. The van der Waals surface area contributed by atoms with E-state index in [1.807, 2.05) is 6.07 Å². The van der Waals surface area contributed by atoms with Crippen molar-refractivity contribution in [3.8, 4) is 0 Å². The van der Waals surface area contributed by atoms with E-state index in [0.717, 1.165) is 84.1 Å². The number of amides is 1. The molecule has 11 nitrogen and oxygen atoms in total. The van der Waals surface area contributed by atoms with Crippen LogP contribution in [0, 0.1) is 0 Å². The molecule has 0 unspecified atom stereocenters. The number of aromatic nitrogens is 2. The monoisotopic (exact) mass is 587 g/mol. The van der Waals surface area contributed by atoms with Gasteiger partial charge in [-0.15, -0.1) is 0 Å². The van der Waals surface area contributed by atoms with Crippen LogP contribution in [-0.2, 0) is 19.1 Å². The highest BCUT2D eigenvalue weighted by Gasteiger charge is 2.47. The number of halogens is 6. The van der Waals surface area contributed by atoms with Crippen molar-refractivity contribution in [3.05, 3.63) is 18.5 Å². The molecule has 1 aromatic rings. The molecule has 0 spiro atoms. The summed E-state index contributed by atoms with van der Waals surface area (Å²) in [4.78, 5) is 46.8. The molecule has 226 valence electrons. The number of nitrogens with zero attached hydrogens (tertiary/aromatic N) is 5. The van der Waals surface area contributed by atoms with Crippen molar-refractivity contribution in [2.45, 2.75) is 50.0 Å². The lowest BCUT2D eigenvalue weighted by Gasteiger charge is -2.49. The molecule has 1 aliphatic carbocycles. The molecule has 4 rings (SSSR count). The molecule has 0 atom stereocenters. The van der Waals surface area contributed by atoms with Gasteiger partial charge in [0.2, 0.25) is 11.9 Å². The van der Waals surface area contributed by atoms with Crippen molar-refractivity contribution in [2.75, 3.05) is 57.4 Å². The van der Waals surface area contributed by atoms with Gasteiger partial charge in [0.1, 0.15) is 5.54 Å². The van der Waals surface area contributed by atoms with E-state index >= 15 is 0 Å². The van der Waals surface area contributed by atoms with Gasteiger partial charge in [-0.25, -0.2) is 19.6 Å².